The molecule has 0 amide bonds. The molecule has 0 atom stereocenters. The molecule has 6 nitrogen and oxygen atoms in total. The summed E-state index contributed by atoms with van der Waals surface area (Å²) in [5.74, 6) is 0.564. The van der Waals surface area contributed by atoms with Crippen molar-refractivity contribution >= 4 is 23.2 Å². The Labute approximate surface area is 129 Å². The lowest BCUT2D eigenvalue weighted by Crippen LogP contribution is -2.25. The maximum atomic E-state index is 12.0. The number of nitrogens with zero attached hydrogens (tertiary/aromatic N) is 5. The van der Waals surface area contributed by atoms with E-state index in [-0.39, 0.29) is 16.6 Å². The lowest BCUT2D eigenvalue weighted by molar-refractivity contribution is 0.599. The van der Waals surface area contributed by atoms with Crippen LogP contribution in [-0.2, 0) is 6.54 Å². The Morgan fingerprint density at radius 2 is 1.86 bits per heavy atom. The van der Waals surface area contributed by atoms with Crippen molar-refractivity contribution in [3.8, 4) is 5.69 Å². The van der Waals surface area contributed by atoms with Gasteiger partial charge in [0.25, 0.3) is 5.56 Å². The zero-order valence-electron chi connectivity index (χ0n) is 10.6. The highest BCUT2D eigenvalue weighted by molar-refractivity contribution is 6.41. The average Bonchev–Trinajstić information content (AvgIpc) is 2.97. The third kappa shape index (κ3) is 2.68. The molecule has 0 aliphatic heterocycles. The van der Waals surface area contributed by atoms with Crippen LogP contribution in [0.5, 0.6) is 0 Å². The van der Waals surface area contributed by atoms with Gasteiger partial charge in [0, 0.05) is 0 Å². The van der Waals surface area contributed by atoms with Gasteiger partial charge in [-0.3, -0.25) is 4.79 Å². The van der Waals surface area contributed by atoms with Gasteiger partial charge in [0.2, 0.25) is 0 Å². The van der Waals surface area contributed by atoms with E-state index < -0.39 is 5.56 Å². The maximum Gasteiger partial charge on any atom is 0.287 e. The second-order valence-corrected chi connectivity index (χ2v) is 4.98. The second-order valence-electron chi connectivity index (χ2n) is 4.19. The Morgan fingerprint density at radius 1 is 1.10 bits per heavy atom. The van der Waals surface area contributed by atoms with Crippen molar-refractivity contribution in [3.05, 3.63) is 69.1 Å². The molecule has 0 fully saturated rings. The Bertz CT molecular complexity index is 828. The Balaban J connectivity index is 2.00. The summed E-state index contributed by atoms with van der Waals surface area (Å²) in [5.41, 5.74) is 0.380. The monoisotopic (exact) mass is 321 g/mol. The predicted octanol–water partition coefficient (Wildman–Crippen LogP) is 2.18. The number of rotatable bonds is 3. The van der Waals surface area contributed by atoms with Gasteiger partial charge in [-0.1, -0.05) is 41.4 Å². The minimum atomic E-state index is -0.466. The molecule has 3 rings (SSSR count). The molecule has 0 saturated carbocycles. The van der Waals surface area contributed by atoms with E-state index >= 15 is 0 Å². The van der Waals surface area contributed by atoms with Crippen molar-refractivity contribution in [2.75, 3.05) is 0 Å². The Hall–Kier alpha value is -2.18. The van der Waals surface area contributed by atoms with E-state index in [9.17, 15) is 4.79 Å². The summed E-state index contributed by atoms with van der Waals surface area (Å²) >= 11 is 11.6. The summed E-state index contributed by atoms with van der Waals surface area (Å²) in [6, 6.07) is 9.48. The van der Waals surface area contributed by atoms with Crippen molar-refractivity contribution in [3.63, 3.8) is 0 Å². The minimum Gasteiger partial charge on any atom is -0.266 e. The first-order valence-electron chi connectivity index (χ1n) is 6.02. The number of hydrogen-bond donors (Lipinski definition) is 0. The van der Waals surface area contributed by atoms with E-state index in [1.807, 2.05) is 30.3 Å². The van der Waals surface area contributed by atoms with Gasteiger partial charge in [0.15, 0.2) is 5.82 Å². The molecule has 0 bridgehead atoms. The number of hydrogen-bond acceptors (Lipinski definition) is 4. The quantitative estimate of drug-likeness (QED) is 0.741. The molecule has 0 saturated heterocycles. The molecular formula is C13H9Cl2N5O. The van der Waals surface area contributed by atoms with E-state index in [0.717, 1.165) is 5.69 Å². The summed E-state index contributed by atoms with van der Waals surface area (Å²) < 4.78 is 2.83. The van der Waals surface area contributed by atoms with E-state index in [1.165, 1.54) is 17.2 Å². The smallest absolute Gasteiger partial charge is 0.266 e. The highest BCUT2D eigenvalue weighted by atomic mass is 35.5. The van der Waals surface area contributed by atoms with Crippen LogP contribution in [0.3, 0.4) is 0 Å². The van der Waals surface area contributed by atoms with E-state index in [2.05, 4.69) is 15.2 Å². The molecule has 0 aliphatic rings. The van der Waals surface area contributed by atoms with Crippen LogP contribution >= 0.6 is 23.2 Å². The molecule has 0 radical (unpaired) electrons. The largest absolute Gasteiger partial charge is 0.287 e. The molecule has 3 aromatic rings. The molecule has 0 aliphatic carbocycles. The van der Waals surface area contributed by atoms with Crippen molar-refractivity contribution in [1.29, 1.82) is 0 Å². The number of para-hydroxylation sites is 1. The fourth-order valence-corrected chi connectivity index (χ4v) is 2.12. The predicted molar refractivity (Wildman–Crippen MR) is 79.0 cm³/mol. The standard InChI is InChI=1S/C13H9Cl2N5O/c14-10-6-17-19(13(21)12(10)15)7-11-16-8-18-20(11)9-4-2-1-3-5-9/h1-6,8H,7H2. The van der Waals surface area contributed by atoms with E-state index in [4.69, 9.17) is 23.2 Å². The van der Waals surface area contributed by atoms with E-state index in [1.54, 1.807) is 4.68 Å². The fraction of sp³-hybridized carbons (Fsp3) is 0.0769. The normalized spacial score (nSPS) is 10.8. The van der Waals surface area contributed by atoms with Crippen LogP contribution < -0.4 is 5.56 Å². The van der Waals surface area contributed by atoms with Crippen LogP contribution in [0.25, 0.3) is 5.69 Å². The third-order valence-corrected chi connectivity index (χ3v) is 3.60. The molecule has 21 heavy (non-hydrogen) atoms. The minimum absolute atomic E-state index is 0.0579. The SMILES string of the molecule is O=c1c(Cl)c(Cl)cnn1Cc1ncnn1-c1ccccc1. The summed E-state index contributed by atoms with van der Waals surface area (Å²) in [5, 5.41) is 8.18. The van der Waals surface area contributed by atoms with Crippen LogP contribution in [0, 0.1) is 0 Å². The lowest BCUT2D eigenvalue weighted by atomic mass is 10.3. The zero-order chi connectivity index (χ0) is 14.8. The summed E-state index contributed by atoms with van der Waals surface area (Å²) in [7, 11) is 0. The molecule has 2 heterocycles. The van der Waals surface area contributed by atoms with Crippen LogP contribution in [-0.4, -0.2) is 24.5 Å². The molecule has 106 valence electrons. The highest BCUT2D eigenvalue weighted by Gasteiger charge is 2.12. The fourth-order valence-electron chi connectivity index (χ4n) is 1.85. The number of benzene rings is 1. The van der Waals surface area contributed by atoms with Crippen LogP contribution in [0.2, 0.25) is 10.0 Å². The van der Waals surface area contributed by atoms with E-state index in [0.29, 0.717) is 5.82 Å². The van der Waals surface area contributed by atoms with Gasteiger partial charge < -0.3 is 0 Å². The summed E-state index contributed by atoms with van der Waals surface area (Å²) in [6.45, 7) is 0.143. The first-order chi connectivity index (χ1) is 10.2. The topological polar surface area (TPSA) is 65.6 Å². The second kappa shape index (κ2) is 5.67. The molecule has 8 heteroatoms. The molecule has 2 aromatic heterocycles. The van der Waals surface area contributed by atoms with Crippen molar-refractivity contribution in [2.45, 2.75) is 6.54 Å². The van der Waals surface area contributed by atoms with Crippen molar-refractivity contribution in [2.24, 2.45) is 0 Å². The van der Waals surface area contributed by atoms with Gasteiger partial charge in [-0.15, -0.1) is 0 Å². The molecule has 0 spiro atoms. The number of aromatic nitrogens is 5. The molecule has 0 N–H and O–H groups in total. The molecule has 1 aromatic carbocycles. The van der Waals surface area contributed by atoms with Gasteiger partial charge in [-0.25, -0.2) is 14.3 Å². The van der Waals surface area contributed by atoms with Crippen molar-refractivity contribution in [1.82, 2.24) is 24.5 Å². The first-order valence-corrected chi connectivity index (χ1v) is 6.78. The first kappa shape index (κ1) is 13.8. The van der Waals surface area contributed by atoms with Gasteiger partial charge in [0.1, 0.15) is 17.9 Å². The maximum absolute atomic E-state index is 12.0. The Morgan fingerprint density at radius 3 is 2.62 bits per heavy atom. The van der Waals surface area contributed by atoms with Gasteiger partial charge in [-0.05, 0) is 12.1 Å². The molecular weight excluding hydrogens is 313 g/mol. The zero-order valence-corrected chi connectivity index (χ0v) is 12.2. The number of halogens is 2. The third-order valence-electron chi connectivity index (χ3n) is 2.85. The highest BCUT2D eigenvalue weighted by Crippen LogP contribution is 2.15. The van der Waals surface area contributed by atoms with Crippen LogP contribution in [0.1, 0.15) is 5.82 Å². The average molecular weight is 322 g/mol. The van der Waals surface area contributed by atoms with Crippen molar-refractivity contribution < 1.29 is 0 Å². The summed E-state index contributed by atoms with van der Waals surface area (Å²) in [4.78, 5) is 16.1. The lowest BCUT2D eigenvalue weighted by Gasteiger charge is -2.07. The van der Waals surface area contributed by atoms with Gasteiger partial charge in [-0.2, -0.15) is 10.2 Å². The van der Waals surface area contributed by atoms with Crippen LogP contribution in [0.15, 0.2) is 47.7 Å². The Kier molecular flexibility index (Phi) is 3.72. The molecule has 0 unspecified atom stereocenters. The van der Waals surface area contributed by atoms with Gasteiger partial charge >= 0.3 is 0 Å². The van der Waals surface area contributed by atoms with Crippen LogP contribution in [0.4, 0.5) is 0 Å². The summed E-state index contributed by atoms with van der Waals surface area (Å²) in [6.07, 6.45) is 2.75. The van der Waals surface area contributed by atoms with Gasteiger partial charge in [0.05, 0.1) is 16.9 Å².